The standard InChI is InChI=1S/C25H25N3O2S/c1-4-5-12-30-23-15-19(29)8-11-21(23)28-27-18-7-9-20(17(3)14-18)25-26-22-10-6-16(2)13-24(22)31-25/h6-11,13-15,29H,4-5,12H2,1-3H3. The van der Waals surface area contributed by atoms with Gasteiger partial charge in [-0.05, 0) is 73.9 Å². The molecule has 0 aliphatic rings. The summed E-state index contributed by atoms with van der Waals surface area (Å²) in [4.78, 5) is 4.79. The maximum Gasteiger partial charge on any atom is 0.150 e. The zero-order valence-electron chi connectivity index (χ0n) is 17.9. The van der Waals surface area contributed by atoms with Crippen molar-refractivity contribution in [1.82, 2.24) is 4.98 Å². The lowest BCUT2D eigenvalue weighted by Gasteiger charge is -2.08. The quantitative estimate of drug-likeness (QED) is 0.239. The van der Waals surface area contributed by atoms with Crippen LogP contribution in [0, 0.1) is 13.8 Å². The van der Waals surface area contributed by atoms with E-state index >= 15 is 0 Å². The number of unbranched alkanes of at least 4 members (excludes halogenated alkanes) is 1. The molecule has 6 heteroatoms. The Balaban J connectivity index is 1.58. The van der Waals surface area contributed by atoms with Crippen molar-refractivity contribution in [3.63, 3.8) is 0 Å². The molecule has 5 nitrogen and oxygen atoms in total. The first-order valence-electron chi connectivity index (χ1n) is 10.4. The van der Waals surface area contributed by atoms with Crippen LogP contribution in [0.3, 0.4) is 0 Å². The van der Waals surface area contributed by atoms with E-state index in [1.807, 2.05) is 18.2 Å². The van der Waals surface area contributed by atoms with Crippen LogP contribution in [0.15, 0.2) is 64.8 Å². The van der Waals surface area contributed by atoms with E-state index in [4.69, 9.17) is 9.72 Å². The maximum atomic E-state index is 9.76. The van der Waals surface area contributed by atoms with Crippen LogP contribution < -0.4 is 4.74 Å². The van der Waals surface area contributed by atoms with E-state index in [2.05, 4.69) is 49.2 Å². The van der Waals surface area contributed by atoms with Crippen LogP contribution in [0.1, 0.15) is 30.9 Å². The summed E-state index contributed by atoms with van der Waals surface area (Å²) in [7, 11) is 0. The highest BCUT2D eigenvalue weighted by atomic mass is 32.1. The Kier molecular flexibility index (Phi) is 6.28. The van der Waals surface area contributed by atoms with Crippen molar-refractivity contribution in [3.05, 3.63) is 65.7 Å². The minimum absolute atomic E-state index is 0.150. The van der Waals surface area contributed by atoms with Gasteiger partial charge in [-0.25, -0.2) is 4.98 Å². The molecule has 3 aromatic carbocycles. The highest BCUT2D eigenvalue weighted by molar-refractivity contribution is 7.21. The normalized spacial score (nSPS) is 11.5. The molecule has 0 atom stereocenters. The monoisotopic (exact) mass is 431 g/mol. The first-order valence-corrected chi connectivity index (χ1v) is 11.2. The predicted octanol–water partition coefficient (Wildman–Crippen LogP) is 7.88. The Morgan fingerprint density at radius 2 is 1.87 bits per heavy atom. The molecule has 0 saturated carbocycles. The molecular weight excluding hydrogens is 406 g/mol. The fraction of sp³-hybridized carbons (Fsp3) is 0.240. The highest BCUT2D eigenvalue weighted by Gasteiger charge is 2.10. The van der Waals surface area contributed by atoms with Crippen LogP contribution in [0.4, 0.5) is 11.4 Å². The van der Waals surface area contributed by atoms with E-state index in [9.17, 15) is 5.11 Å². The summed E-state index contributed by atoms with van der Waals surface area (Å²) in [6.45, 7) is 6.84. The molecule has 0 aliphatic heterocycles. The number of hydrogen-bond acceptors (Lipinski definition) is 6. The first-order chi connectivity index (χ1) is 15.0. The molecule has 4 rings (SSSR count). The molecule has 0 spiro atoms. The summed E-state index contributed by atoms with van der Waals surface area (Å²) < 4.78 is 6.96. The molecule has 0 aliphatic carbocycles. The third-order valence-electron chi connectivity index (χ3n) is 4.96. The molecule has 31 heavy (non-hydrogen) atoms. The zero-order chi connectivity index (χ0) is 21.8. The Bertz CT molecular complexity index is 1250. The number of nitrogens with zero attached hydrogens (tertiary/aromatic N) is 3. The highest BCUT2D eigenvalue weighted by Crippen LogP contribution is 2.36. The molecule has 1 N–H and O–H groups in total. The molecule has 0 saturated heterocycles. The average molecular weight is 432 g/mol. The smallest absolute Gasteiger partial charge is 0.150 e. The van der Waals surface area contributed by atoms with Crippen LogP contribution >= 0.6 is 11.3 Å². The van der Waals surface area contributed by atoms with Crippen molar-refractivity contribution >= 4 is 32.9 Å². The molecule has 1 aromatic heterocycles. The van der Waals surface area contributed by atoms with E-state index in [0.29, 0.717) is 18.0 Å². The van der Waals surface area contributed by atoms with Crippen molar-refractivity contribution in [3.8, 4) is 22.1 Å². The second kappa shape index (κ2) is 9.27. The third kappa shape index (κ3) is 4.91. The molecule has 4 aromatic rings. The Morgan fingerprint density at radius 1 is 1.00 bits per heavy atom. The number of azo groups is 1. The van der Waals surface area contributed by atoms with Crippen molar-refractivity contribution in [2.24, 2.45) is 10.2 Å². The van der Waals surface area contributed by atoms with Crippen molar-refractivity contribution in [1.29, 1.82) is 0 Å². The van der Waals surface area contributed by atoms with Gasteiger partial charge in [0.15, 0.2) is 0 Å². The molecular formula is C25H25N3O2S. The van der Waals surface area contributed by atoms with Gasteiger partial charge in [0.05, 0.1) is 22.5 Å². The minimum Gasteiger partial charge on any atom is -0.508 e. The zero-order valence-corrected chi connectivity index (χ0v) is 18.7. The number of thiazole rings is 1. The summed E-state index contributed by atoms with van der Waals surface area (Å²) in [6, 6.07) is 17.2. The van der Waals surface area contributed by atoms with E-state index in [1.165, 1.54) is 10.3 Å². The lowest BCUT2D eigenvalue weighted by atomic mass is 10.1. The summed E-state index contributed by atoms with van der Waals surface area (Å²) in [5.74, 6) is 0.687. The number of benzene rings is 3. The van der Waals surface area contributed by atoms with Crippen molar-refractivity contribution in [2.75, 3.05) is 6.61 Å². The molecule has 1 heterocycles. The Morgan fingerprint density at radius 3 is 2.68 bits per heavy atom. The number of aryl methyl sites for hydroxylation is 2. The van der Waals surface area contributed by atoms with Gasteiger partial charge in [0, 0.05) is 11.6 Å². The van der Waals surface area contributed by atoms with Crippen molar-refractivity contribution in [2.45, 2.75) is 33.6 Å². The van der Waals surface area contributed by atoms with Crippen LogP contribution in [0.2, 0.25) is 0 Å². The summed E-state index contributed by atoms with van der Waals surface area (Å²) in [5, 5.41) is 19.5. The summed E-state index contributed by atoms with van der Waals surface area (Å²) in [6.07, 6.45) is 1.98. The molecule has 0 fully saturated rings. The van der Waals surface area contributed by atoms with E-state index in [1.54, 1.807) is 29.5 Å². The van der Waals surface area contributed by atoms with Crippen molar-refractivity contribution < 1.29 is 9.84 Å². The number of fused-ring (bicyclic) bond motifs is 1. The number of ether oxygens (including phenoxy) is 1. The van der Waals surface area contributed by atoms with Gasteiger partial charge in [-0.3, -0.25) is 0 Å². The van der Waals surface area contributed by atoms with Crippen LogP contribution in [-0.2, 0) is 0 Å². The third-order valence-corrected chi connectivity index (χ3v) is 6.01. The summed E-state index contributed by atoms with van der Waals surface area (Å²) in [5.41, 5.74) is 5.81. The SMILES string of the molecule is CCCCOc1cc(O)ccc1N=Nc1ccc(-c2nc3ccc(C)cc3s2)c(C)c1. The van der Waals surface area contributed by atoms with Gasteiger partial charge < -0.3 is 9.84 Å². The van der Waals surface area contributed by atoms with Crippen LogP contribution in [0.25, 0.3) is 20.8 Å². The van der Waals surface area contributed by atoms with Gasteiger partial charge in [0.2, 0.25) is 0 Å². The second-order valence-electron chi connectivity index (χ2n) is 7.54. The van der Waals surface area contributed by atoms with Gasteiger partial charge in [-0.2, -0.15) is 5.11 Å². The summed E-state index contributed by atoms with van der Waals surface area (Å²) >= 11 is 1.70. The Labute approximate surface area is 186 Å². The van der Waals surface area contributed by atoms with Gasteiger partial charge in [-0.1, -0.05) is 19.4 Å². The molecule has 158 valence electrons. The number of rotatable bonds is 7. The number of phenolic OH excluding ortho intramolecular Hbond substituents is 1. The molecule has 0 unspecified atom stereocenters. The minimum atomic E-state index is 0.150. The average Bonchev–Trinajstić information content (AvgIpc) is 3.16. The maximum absolute atomic E-state index is 9.76. The number of phenols is 1. The van der Waals surface area contributed by atoms with Gasteiger partial charge in [-0.15, -0.1) is 16.5 Å². The van der Waals surface area contributed by atoms with Gasteiger partial charge >= 0.3 is 0 Å². The molecule has 0 radical (unpaired) electrons. The lowest BCUT2D eigenvalue weighted by Crippen LogP contribution is -1.96. The second-order valence-corrected chi connectivity index (χ2v) is 8.57. The number of hydrogen-bond donors (Lipinski definition) is 1. The Hall–Kier alpha value is -3.25. The number of aromatic nitrogens is 1. The van der Waals surface area contributed by atoms with E-state index in [0.717, 1.165) is 40.2 Å². The lowest BCUT2D eigenvalue weighted by molar-refractivity contribution is 0.308. The van der Waals surface area contributed by atoms with E-state index in [-0.39, 0.29) is 5.75 Å². The fourth-order valence-electron chi connectivity index (χ4n) is 3.24. The van der Waals surface area contributed by atoms with Gasteiger partial charge in [0.1, 0.15) is 22.2 Å². The van der Waals surface area contributed by atoms with E-state index < -0.39 is 0 Å². The van der Waals surface area contributed by atoms with Crippen LogP contribution in [-0.4, -0.2) is 16.7 Å². The fourth-order valence-corrected chi connectivity index (χ4v) is 4.39. The first kappa shape index (κ1) is 21.0. The number of aromatic hydroxyl groups is 1. The largest absolute Gasteiger partial charge is 0.508 e. The molecule has 0 bridgehead atoms. The predicted molar refractivity (Wildman–Crippen MR) is 127 cm³/mol. The molecule has 0 amide bonds. The van der Waals surface area contributed by atoms with Crippen LogP contribution in [0.5, 0.6) is 11.5 Å². The van der Waals surface area contributed by atoms with Gasteiger partial charge in [0.25, 0.3) is 0 Å². The topological polar surface area (TPSA) is 67.1 Å².